The fraction of sp³-hybridized carbons (Fsp3) is 0.435. The van der Waals surface area contributed by atoms with E-state index in [0.717, 1.165) is 43.8 Å². The van der Waals surface area contributed by atoms with Crippen LogP contribution in [0.3, 0.4) is 0 Å². The minimum Gasteiger partial charge on any atom is -0.435 e. The molecule has 6 heteroatoms. The summed E-state index contributed by atoms with van der Waals surface area (Å²) in [6, 6.07) is 14.6. The van der Waals surface area contributed by atoms with Gasteiger partial charge in [-0.1, -0.05) is 19.1 Å². The lowest BCUT2D eigenvalue weighted by atomic mass is 9.99. The Labute approximate surface area is 170 Å². The van der Waals surface area contributed by atoms with Crippen LogP contribution >= 0.6 is 0 Å². The van der Waals surface area contributed by atoms with E-state index in [1.165, 1.54) is 24.1 Å². The molecule has 4 nitrogen and oxygen atoms in total. The Morgan fingerprint density at radius 3 is 2.45 bits per heavy atom. The van der Waals surface area contributed by atoms with Gasteiger partial charge in [0.15, 0.2) is 6.54 Å². The van der Waals surface area contributed by atoms with E-state index >= 15 is 0 Å². The van der Waals surface area contributed by atoms with Crippen LogP contribution in [-0.4, -0.2) is 35.2 Å². The Balaban J connectivity index is 1.73. The summed E-state index contributed by atoms with van der Waals surface area (Å²) < 4.78 is 31.7. The highest BCUT2D eigenvalue weighted by atomic mass is 19.3. The summed E-state index contributed by atoms with van der Waals surface area (Å²) in [5.41, 5.74) is 1.59. The molecule has 2 aromatic rings. The zero-order chi connectivity index (χ0) is 20.4. The Morgan fingerprint density at radius 1 is 1.07 bits per heavy atom. The van der Waals surface area contributed by atoms with Crippen LogP contribution in [0.25, 0.3) is 0 Å². The highest BCUT2D eigenvalue weighted by Crippen LogP contribution is 2.38. The molecule has 0 amide bonds. The number of ether oxygens (including phenoxy) is 1. The number of hydrogen-bond donors (Lipinski definition) is 1. The predicted molar refractivity (Wildman–Crippen MR) is 109 cm³/mol. The van der Waals surface area contributed by atoms with Gasteiger partial charge in [-0.3, -0.25) is 4.58 Å². The number of anilines is 1. The SMILES string of the molecule is CCc1ccc(N2C3=[N+](CCCCC3)C[C@@]2(O)c2ccc(OC(F)F)cc2)cc1. The third kappa shape index (κ3) is 3.86. The third-order valence-electron chi connectivity index (χ3n) is 5.88. The van der Waals surface area contributed by atoms with Gasteiger partial charge in [-0.05, 0) is 67.6 Å². The quantitative estimate of drug-likeness (QED) is 0.750. The molecular weight excluding hydrogens is 374 g/mol. The van der Waals surface area contributed by atoms with Crippen LogP contribution in [0.1, 0.15) is 43.7 Å². The molecule has 4 rings (SSSR count). The van der Waals surface area contributed by atoms with Crippen molar-refractivity contribution in [2.45, 2.75) is 51.4 Å². The molecule has 2 aliphatic rings. The van der Waals surface area contributed by atoms with Gasteiger partial charge < -0.3 is 9.84 Å². The predicted octanol–water partition coefficient (Wildman–Crippen LogP) is 4.50. The summed E-state index contributed by atoms with van der Waals surface area (Å²) in [6.07, 6.45) is 5.24. The highest BCUT2D eigenvalue weighted by Gasteiger charge is 2.54. The van der Waals surface area contributed by atoms with Crippen LogP contribution in [0.5, 0.6) is 5.75 Å². The van der Waals surface area contributed by atoms with Crippen molar-refractivity contribution in [2.24, 2.45) is 0 Å². The molecular formula is C23H27F2N2O2+. The van der Waals surface area contributed by atoms with E-state index in [0.29, 0.717) is 12.1 Å². The average Bonchev–Trinajstić information content (AvgIpc) is 2.84. The summed E-state index contributed by atoms with van der Waals surface area (Å²) in [4.78, 5) is 2.03. The molecule has 0 saturated heterocycles. The maximum atomic E-state index is 12.5. The number of benzene rings is 2. The number of nitrogens with zero attached hydrogens (tertiary/aromatic N) is 2. The molecule has 0 aromatic heterocycles. The van der Waals surface area contributed by atoms with Crippen molar-refractivity contribution in [3.8, 4) is 5.75 Å². The molecule has 2 aliphatic heterocycles. The first kappa shape index (κ1) is 19.8. The summed E-state index contributed by atoms with van der Waals surface area (Å²) in [6.45, 7) is 0.615. The molecule has 1 N–H and O–H groups in total. The van der Waals surface area contributed by atoms with Crippen molar-refractivity contribution in [3.63, 3.8) is 0 Å². The Morgan fingerprint density at radius 2 is 1.79 bits per heavy atom. The van der Waals surface area contributed by atoms with E-state index in [9.17, 15) is 13.9 Å². The van der Waals surface area contributed by atoms with Gasteiger partial charge in [0, 0.05) is 12.0 Å². The molecule has 0 spiro atoms. The highest BCUT2D eigenvalue weighted by molar-refractivity contribution is 5.97. The lowest BCUT2D eigenvalue weighted by molar-refractivity contribution is -0.534. The first-order chi connectivity index (χ1) is 14.0. The molecule has 0 aliphatic carbocycles. The van der Waals surface area contributed by atoms with Crippen LogP contribution in [0, 0.1) is 0 Å². The third-order valence-corrected chi connectivity index (χ3v) is 5.88. The summed E-state index contributed by atoms with van der Waals surface area (Å²) in [5, 5.41) is 11.9. The zero-order valence-corrected chi connectivity index (χ0v) is 16.7. The van der Waals surface area contributed by atoms with Crippen molar-refractivity contribution in [3.05, 3.63) is 59.7 Å². The molecule has 0 radical (unpaired) electrons. The van der Waals surface area contributed by atoms with E-state index in [2.05, 4.69) is 40.5 Å². The monoisotopic (exact) mass is 401 g/mol. The van der Waals surface area contributed by atoms with E-state index < -0.39 is 12.3 Å². The van der Waals surface area contributed by atoms with Gasteiger partial charge in [-0.2, -0.15) is 13.7 Å². The molecule has 154 valence electrons. The minimum absolute atomic E-state index is 0.0892. The van der Waals surface area contributed by atoms with Crippen molar-refractivity contribution in [2.75, 3.05) is 18.0 Å². The first-order valence-corrected chi connectivity index (χ1v) is 10.3. The number of amidine groups is 1. The van der Waals surface area contributed by atoms with Gasteiger partial charge in [0.2, 0.25) is 0 Å². The van der Waals surface area contributed by atoms with Crippen molar-refractivity contribution < 1.29 is 23.2 Å². The van der Waals surface area contributed by atoms with Crippen LogP contribution in [0.4, 0.5) is 14.5 Å². The van der Waals surface area contributed by atoms with Gasteiger partial charge in [0.25, 0.3) is 11.6 Å². The molecule has 0 unspecified atom stereocenters. The van der Waals surface area contributed by atoms with Crippen LogP contribution in [0.15, 0.2) is 48.5 Å². The van der Waals surface area contributed by atoms with E-state index in [-0.39, 0.29) is 5.75 Å². The maximum absolute atomic E-state index is 12.5. The second-order valence-corrected chi connectivity index (χ2v) is 7.72. The lowest BCUT2D eigenvalue weighted by Gasteiger charge is -2.29. The van der Waals surface area contributed by atoms with Gasteiger partial charge in [-0.25, -0.2) is 0 Å². The topological polar surface area (TPSA) is 35.7 Å². The van der Waals surface area contributed by atoms with Crippen molar-refractivity contribution in [1.82, 2.24) is 0 Å². The molecule has 29 heavy (non-hydrogen) atoms. The second kappa shape index (κ2) is 8.11. The summed E-state index contributed by atoms with van der Waals surface area (Å²) >= 11 is 0. The number of hydrogen-bond acceptors (Lipinski definition) is 3. The smallest absolute Gasteiger partial charge is 0.387 e. The summed E-state index contributed by atoms with van der Waals surface area (Å²) in [5.74, 6) is 1.22. The van der Waals surface area contributed by atoms with Crippen LogP contribution < -0.4 is 9.64 Å². The van der Waals surface area contributed by atoms with Gasteiger partial charge >= 0.3 is 6.61 Å². The molecule has 2 heterocycles. The summed E-state index contributed by atoms with van der Waals surface area (Å²) in [7, 11) is 0. The fourth-order valence-electron chi connectivity index (χ4n) is 4.39. The van der Waals surface area contributed by atoms with E-state index in [1.807, 2.05) is 4.90 Å². The van der Waals surface area contributed by atoms with Crippen LogP contribution in [-0.2, 0) is 12.1 Å². The zero-order valence-electron chi connectivity index (χ0n) is 16.7. The average molecular weight is 401 g/mol. The maximum Gasteiger partial charge on any atom is 0.387 e. The Hall–Kier alpha value is -2.47. The molecule has 0 saturated carbocycles. The number of halogens is 2. The van der Waals surface area contributed by atoms with Gasteiger partial charge in [0.05, 0.1) is 6.54 Å². The molecule has 2 aromatic carbocycles. The van der Waals surface area contributed by atoms with Gasteiger partial charge in [-0.15, -0.1) is 0 Å². The van der Waals surface area contributed by atoms with Crippen molar-refractivity contribution >= 4 is 11.5 Å². The largest absolute Gasteiger partial charge is 0.435 e. The minimum atomic E-state index is -2.86. The standard InChI is InChI=1S/C23H27F2N2O2/c1-2-17-7-11-19(12-8-17)27-21-6-4-3-5-15-26(21)16-23(27,28)18-9-13-20(14-10-18)29-22(24)25/h7-14,22,28H,2-6,15-16H2,1H3/q+1/t23-/m1/s1. The van der Waals surface area contributed by atoms with E-state index in [4.69, 9.17) is 0 Å². The second-order valence-electron chi connectivity index (χ2n) is 7.72. The lowest BCUT2D eigenvalue weighted by Crippen LogP contribution is -2.47. The number of alkyl halides is 2. The fourth-order valence-corrected chi connectivity index (χ4v) is 4.39. The Bertz CT molecular complexity index is 881. The van der Waals surface area contributed by atoms with Crippen LogP contribution in [0.2, 0.25) is 0 Å². The van der Waals surface area contributed by atoms with Crippen molar-refractivity contribution in [1.29, 1.82) is 0 Å². The molecule has 0 bridgehead atoms. The number of aliphatic hydroxyl groups is 1. The first-order valence-electron chi connectivity index (χ1n) is 10.3. The molecule has 0 fully saturated rings. The van der Waals surface area contributed by atoms with Gasteiger partial charge in [0.1, 0.15) is 11.4 Å². The molecule has 1 atom stereocenters. The Kier molecular flexibility index (Phi) is 5.54. The van der Waals surface area contributed by atoms with E-state index in [1.54, 1.807) is 12.1 Å². The number of aryl methyl sites for hydroxylation is 1. The number of rotatable bonds is 5. The normalized spacial score (nSPS) is 22.0.